The molecule has 6 nitrogen and oxygen atoms in total. The van der Waals surface area contributed by atoms with Crippen molar-refractivity contribution < 1.29 is 58.2 Å². The molecule has 0 unspecified atom stereocenters. The highest BCUT2D eigenvalue weighted by molar-refractivity contribution is 6.29. The van der Waals surface area contributed by atoms with Gasteiger partial charge in [0.1, 0.15) is 10.9 Å². The summed E-state index contributed by atoms with van der Waals surface area (Å²) in [4.78, 5) is 31.1. The van der Waals surface area contributed by atoms with E-state index in [0.717, 1.165) is 23.8 Å². The number of nitrogens with zero attached hydrogens (tertiary/aromatic N) is 2. The van der Waals surface area contributed by atoms with E-state index in [2.05, 4.69) is 9.72 Å². The zero-order valence-corrected chi connectivity index (χ0v) is 22.5. The van der Waals surface area contributed by atoms with E-state index in [1.807, 2.05) is 5.32 Å². The van der Waals surface area contributed by atoms with Crippen LogP contribution in [0.1, 0.15) is 39.1 Å². The zero-order valence-electron chi connectivity index (χ0n) is 21.7. The van der Waals surface area contributed by atoms with Crippen molar-refractivity contribution in [3.8, 4) is 5.75 Å². The molecule has 236 valence electrons. The van der Waals surface area contributed by atoms with Crippen molar-refractivity contribution in [2.24, 2.45) is 5.92 Å². The topological polar surface area (TPSA) is 71.5 Å². The first-order valence-electron chi connectivity index (χ1n) is 12.4. The second-order valence-electron chi connectivity index (χ2n) is 9.56. The van der Waals surface area contributed by atoms with Gasteiger partial charge in [0.25, 0.3) is 11.8 Å². The third kappa shape index (κ3) is 6.69. The van der Waals surface area contributed by atoms with Crippen LogP contribution >= 0.6 is 11.6 Å². The lowest BCUT2D eigenvalue weighted by Gasteiger charge is -2.30. The Balaban J connectivity index is 1.71. The van der Waals surface area contributed by atoms with Crippen LogP contribution < -0.4 is 15.0 Å². The van der Waals surface area contributed by atoms with Crippen molar-refractivity contribution in [3.63, 3.8) is 0 Å². The van der Waals surface area contributed by atoms with Gasteiger partial charge in [-0.1, -0.05) is 23.7 Å². The zero-order chi connectivity index (χ0) is 32.6. The number of anilines is 2. The van der Waals surface area contributed by atoms with Crippen molar-refractivity contribution in [1.82, 2.24) is 4.98 Å². The molecule has 1 fully saturated rings. The van der Waals surface area contributed by atoms with Gasteiger partial charge in [0.05, 0.1) is 16.9 Å². The van der Waals surface area contributed by atoms with Crippen LogP contribution in [0.15, 0.2) is 54.7 Å². The molecule has 0 spiro atoms. The first-order valence-corrected chi connectivity index (χ1v) is 12.8. The maximum Gasteiger partial charge on any atom is 0.435 e. The largest absolute Gasteiger partial charge is 0.435 e. The summed E-state index contributed by atoms with van der Waals surface area (Å²) in [7, 11) is 0. The third-order valence-corrected chi connectivity index (χ3v) is 6.70. The fourth-order valence-corrected chi connectivity index (χ4v) is 4.33. The first kappa shape index (κ1) is 32.8. The molecule has 44 heavy (non-hydrogen) atoms. The van der Waals surface area contributed by atoms with Crippen LogP contribution in [0.25, 0.3) is 0 Å². The van der Waals surface area contributed by atoms with Gasteiger partial charge < -0.3 is 15.0 Å². The Bertz CT molecular complexity index is 1550. The van der Waals surface area contributed by atoms with Gasteiger partial charge in [-0.05, 0) is 55.2 Å². The predicted molar refractivity (Wildman–Crippen MR) is 136 cm³/mol. The molecule has 17 heteroatoms. The van der Waals surface area contributed by atoms with Gasteiger partial charge in [0.15, 0.2) is 5.82 Å². The summed E-state index contributed by atoms with van der Waals surface area (Å²) < 4.78 is 139. The molecule has 1 N–H and O–H groups in total. The number of hydrogen-bond acceptors (Lipinski definition) is 4. The number of aromatic nitrogens is 1. The Labute approximate surface area is 246 Å². The summed E-state index contributed by atoms with van der Waals surface area (Å²) in [5.41, 5.74) is -10.2. The van der Waals surface area contributed by atoms with Crippen molar-refractivity contribution in [2.45, 2.75) is 37.5 Å². The van der Waals surface area contributed by atoms with Crippen LogP contribution in [0.4, 0.5) is 55.3 Å². The molecule has 1 heterocycles. The van der Waals surface area contributed by atoms with Crippen molar-refractivity contribution in [1.29, 1.82) is 0 Å². The molecule has 2 aromatic carbocycles. The number of rotatable bonds is 9. The molecule has 0 saturated heterocycles. The normalized spacial score (nSPS) is 14.0. The van der Waals surface area contributed by atoms with Gasteiger partial charge in [-0.25, -0.2) is 13.8 Å². The molecule has 1 aromatic heterocycles. The minimum atomic E-state index is -6.56. The van der Waals surface area contributed by atoms with E-state index in [1.165, 1.54) is 30.5 Å². The summed E-state index contributed by atoms with van der Waals surface area (Å²) in [5.74, 6) is -4.86. The van der Waals surface area contributed by atoms with E-state index in [9.17, 15) is 49.1 Å². The molecule has 3 aromatic rings. The number of amides is 2. The average Bonchev–Trinajstić information content (AvgIpc) is 3.75. The molecular weight excluding hydrogens is 640 g/mol. The van der Waals surface area contributed by atoms with E-state index in [0.29, 0.717) is 0 Å². The number of benzene rings is 2. The highest BCUT2D eigenvalue weighted by Crippen LogP contribution is 2.54. The number of alkyl halides is 9. The van der Waals surface area contributed by atoms with Crippen molar-refractivity contribution in [3.05, 3.63) is 82.4 Å². The minimum absolute atomic E-state index is 0.0109. The molecule has 2 amide bonds. The Morgan fingerprint density at radius 3 is 2.23 bits per heavy atom. The van der Waals surface area contributed by atoms with E-state index in [1.54, 1.807) is 0 Å². The number of carbonyl (C=O) groups excluding carboxylic acids is 2. The van der Waals surface area contributed by atoms with Crippen LogP contribution in [0.5, 0.6) is 5.75 Å². The molecule has 0 atom stereocenters. The monoisotopic (exact) mass is 657 g/mol. The van der Waals surface area contributed by atoms with Gasteiger partial charge in [0, 0.05) is 23.9 Å². The van der Waals surface area contributed by atoms with Crippen LogP contribution in [0.2, 0.25) is 5.15 Å². The predicted octanol–water partition coefficient (Wildman–Crippen LogP) is 8.07. The number of halogens is 11. The number of pyridine rings is 1. The molecule has 0 aliphatic heterocycles. The molecule has 4 rings (SSSR count). The smallest absolute Gasteiger partial charge is 0.433 e. The molecule has 1 aliphatic rings. The highest BCUT2D eigenvalue weighted by Gasteiger charge is 2.73. The first-order chi connectivity index (χ1) is 20.4. The lowest BCUT2D eigenvalue weighted by Crippen LogP contribution is -2.50. The summed E-state index contributed by atoms with van der Waals surface area (Å²) in [6.45, 7) is -3.80. The Morgan fingerprint density at radius 1 is 1.00 bits per heavy atom. The van der Waals surface area contributed by atoms with Crippen LogP contribution in [-0.4, -0.2) is 42.3 Å². The third-order valence-electron chi connectivity index (χ3n) is 6.50. The number of ether oxygens (including phenoxy) is 1. The van der Waals surface area contributed by atoms with E-state index in [-0.39, 0.29) is 47.1 Å². The van der Waals surface area contributed by atoms with Crippen molar-refractivity contribution >= 4 is 34.8 Å². The molecule has 0 radical (unpaired) electrons. The number of hydrogen-bond donors (Lipinski definition) is 1. The fraction of sp³-hybridized carbons (Fsp3) is 0.296. The maximum atomic E-state index is 15.8. The van der Waals surface area contributed by atoms with Crippen LogP contribution in [0.3, 0.4) is 0 Å². The summed E-state index contributed by atoms with van der Waals surface area (Å²) in [5, 5.41) is 1.84. The quantitative estimate of drug-likeness (QED) is 0.187. The SMILES string of the molecule is O=C(Nc1ccc(C(F)(C(F)(F)F)C(F)(F)F)cc1OC(F)F)c1cccc(N(CC2CC2)C(=O)c2ccnc(Cl)c2)c1F. The summed E-state index contributed by atoms with van der Waals surface area (Å²) in [6.07, 6.45) is -10.4. The van der Waals surface area contributed by atoms with Gasteiger partial charge in [-0.3, -0.25) is 9.59 Å². The van der Waals surface area contributed by atoms with Gasteiger partial charge in [-0.15, -0.1) is 0 Å². The number of carbonyl (C=O) groups is 2. The van der Waals surface area contributed by atoms with E-state index >= 15 is 4.39 Å². The maximum absolute atomic E-state index is 15.8. The van der Waals surface area contributed by atoms with Gasteiger partial charge in [0.2, 0.25) is 0 Å². The molecule has 1 aliphatic carbocycles. The lowest BCUT2D eigenvalue weighted by atomic mass is 9.93. The second kappa shape index (κ2) is 12.1. The Morgan fingerprint density at radius 2 is 1.66 bits per heavy atom. The molecule has 1 saturated carbocycles. The standard InChI is InChI=1S/C27H18ClF10N3O3/c28-20-10-14(8-9-39-20)23(43)41(12-13-4-5-13)18-3-1-2-16(21(18)29)22(42)40-17-7-6-15(11-19(17)44-24(30)31)25(32,26(33,34)35)27(36,37)38/h1-3,6-11,13,24H,4-5,12H2,(H,40,42). The Kier molecular flexibility index (Phi) is 9.05. The van der Waals surface area contributed by atoms with E-state index < -0.39 is 64.8 Å². The highest BCUT2D eigenvalue weighted by atomic mass is 35.5. The number of nitrogens with one attached hydrogen (secondary N) is 1. The average molecular weight is 658 g/mol. The van der Waals surface area contributed by atoms with Gasteiger partial charge >= 0.3 is 24.6 Å². The van der Waals surface area contributed by atoms with E-state index in [4.69, 9.17) is 11.6 Å². The second-order valence-corrected chi connectivity index (χ2v) is 9.95. The minimum Gasteiger partial charge on any atom is -0.433 e. The molecular formula is C27H18ClF10N3O3. The fourth-order valence-electron chi connectivity index (χ4n) is 4.16. The van der Waals surface area contributed by atoms with Crippen molar-refractivity contribution in [2.75, 3.05) is 16.8 Å². The Hall–Kier alpha value is -4.08. The van der Waals surface area contributed by atoms with Crippen LogP contribution in [-0.2, 0) is 5.67 Å². The summed E-state index contributed by atoms with van der Waals surface area (Å²) in [6, 6.07) is 5.72. The lowest BCUT2D eigenvalue weighted by molar-refractivity contribution is -0.348. The van der Waals surface area contributed by atoms with Crippen LogP contribution in [0, 0.1) is 11.7 Å². The van der Waals surface area contributed by atoms with Gasteiger partial charge in [-0.2, -0.15) is 35.1 Å². The summed E-state index contributed by atoms with van der Waals surface area (Å²) >= 11 is 5.86. The molecule has 0 bridgehead atoms.